The summed E-state index contributed by atoms with van der Waals surface area (Å²) in [5.74, 6) is 0.484. The molecule has 0 fully saturated rings. The van der Waals surface area contributed by atoms with Crippen LogP contribution in [0.3, 0.4) is 0 Å². The minimum atomic E-state index is 0.191. The van der Waals surface area contributed by atoms with Crippen molar-refractivity contribution in [3.8, 4) is 0 Å². The molecule has 1 aromatic carbocycles. The second-order valence-corrected chi connectivity index (χ2v) is 4.89. The Morgan fingerprint density at radius 2 is 2.11 bits per heavy atom. The standard InChI is InChI=1S/C14H17N3S/c1-11(13-7-8-18-10-13)17-14(15)16-9-12-5-3-2-4-6-12/h2-8,10-11H,9H2,1H3,(H3,15,16,17). The first kappa shape index (κ1) is 12.6. The van der Waals surface area contributed by atoms with Crippen LogP contribution in [0.25, 0.3) is 0 Å². The van der Waals surface area contributed by atoms with Crippen molar-refractivity contribution in [3.05, 3.63) is 58.3 Å². The van der Waals surface area contributed by atoms with Crippen LogP contribution >= 0.6 is 11.3 Å². The van der Waals surface area contributed by atoms with Gasteiger partial charge in [0, 0.05) is 0 Å². The predicted octanol–water partition coefficient (Wildman–Crippen LogP) is 2.91. The summed E-state index contributed by atoms with van der Waals surface area (Å²) in [6.07, 6.45) is 0. The summed E-state index contributed by atoms with van der Waals surface area (Å²) in [6.45, 7) is 2.68. The number of guanidine groups is 1. The molecule has 0 aliphatic rings. The minimum absolute atomic E-state index is 0.191. The van der Waals surface area contributed by atoms with Crippen LogP contribution in [0.5, 0.6) is 0 Å². The largest absolute Gasteiger partial charge is 0.370 e. The Morgan fingerprint density at radius 3 is 2.78 bits per heavy atom. The molecule has 0 spiro atoms. The van der Waals surface area contributed by atoms with Crippen LogP contribution in [0.4, 0.5) is 0 Å². The summed E-state index contributed by atoms with van der Waals surface area (Å²) in [5, 5.41) is 7.36. The van der Waals surface area contributed by atoms with E-state index in [1.165, 1.54) is 5.56 Å². The van der Waals surface area contributed by atoms with Gasteiger partial charge in [-0.25, -0.2) is 4.99 Å². The first-order valence-electron chi connectivity index (χ1n) is 5.88. The van der Waals surface area contributed by atoms with Crippen molar-refractivity contribution in [2.24, 2.45) is 10.7 Å². The van der Waals surface area contributed by atoms with E-state index in [4.69, 9.17) is 5.73 Å². The third kappa shape index (κ3) is 3.60. The number of aliphatic imine (C=N–C) groups is 1. The van der Waals surface area contributed by atoms with E-state index in [1.807, 2.05) is 30.3 Å². The van der Waals surface area contributed by atoms with Crippen molar-refractivity contribution in [3.63, 3.8) is 0 Å². The lowest BCUT2D eigenvalue weighted by atomic mass is 10.2. The average molecular weight is 259 g/mol. The van der Waals surface area contributed by atoms with Crippen LogP contribution in [0.2, 0.25) is 0 Å². The topological polar surface area (TPSA) is 50.4 Å². The number of nitrogens with one attached hydrogen (secondary N) is 1. The van der Waals surface area contributed by atoms with Crippen LogP contribution < -0.4 is 11.1 Å². The SMILES string of the molecule is CC(NC(N)=NCc1ccccc1)c1ccsc1. The molecule has 18 heavy (non-hydrogen) atoms. The fourth-order valence-electron chi connectivity index (χ4n) is 1.63. The minimum Gasteiger partial charge on any atom is -0.370 e. The Bertz CT molecular complexity index is 491. The van der Waals surface area contributed by atoms with Gasteiger partial charge in [0.25, 0.3) is 0 Å². The van der Waals surface area contributed by atoms with Crippen LogP contribution in [-0.4, -0.2) is 5.96 Å². The molecule has 3 N–H and O–H groups in total. The van der Waals surface area contributed by atoms with Gasteiger partial charge in [0.1, 0.15) is 0 Å². The fourth-order valence-corrected chi connectivity index (χ4v) is 2.39. The van der Waals surface area contributed by atoms with Crippen molar-refractivity contribution in [1.29, 1.82) is 0 Å². The van der Waals surface area contributed by atoms with E-state index in [9.17, 15) is 0 Å². The van der Waals surface area contributed by atoms with Gasteiger partial charge in [0.05, 0.1) is 12.6 Å². The first-order valence-corrected chi connectivity index (χ1v) is 6.82. The third-order valence-corrected chi connectivity index (χ3v) is 3.38. The highest BCUT2D eigenvalue weighted by molar-refractivity contribution is 7.07. The van der Waals surface area contributed by atoms with Gasteiger partial charge in [-0.3, -0.25) is 0 Å². The molecule has 1 atom stereocenters. The van der Waals surface area contributed by atoms with Gasteiger partial charge < -0.3 is 11.1 Å². The predicted molar refractivity (Wildman–Crippen MR) is 77.6 cm³/mol. The number of nitrogens with two attached hydrogens (primary N) is 1. The van der Waals surface area contributed by atoms with E-state index < -0.39 is 0 Å². The number of hydrogen-bond donors (Lipinski definition) is 2. The van der Waals surface area contributed by atoms with Crippen LogP contribution in [0.15, 0.2) is 52.2 Å². The van der Waals surface area contributed by atoms with Crippen LogP contribution in [0, 0.1) is 0 Å². The highest BCUT2D eigenvalue weighted by atomic mass is 32.1. The number of nitrogens with zero attached hydrogens (tertiary/aromatic N) is 1. The molecule has 0 radical (unpaired) electrons. The molecular weight excluding hydrogens is 242 g/mol. The Labute approximate surface area is 111 Å². The summed E-state index contributed by atoms with van der Waals surface area (Å²) < 4.78 is 0. The van der Waals surface area contributed by atoms with Crippen molar-refractivity contribution in [1.82, 2.24) is 5.32 Å². The summed E-state index contributed by atoms with van der Waals surface area (Å²) in [4.78, 5) is 4.33. The second-order valence-electron chi connectivity index (χ2n) is 4.11. The lowest BCUT2D eigenvalue weighted by Crippen LogP contribution is -2.33. The van der Waals surface area contributed by atoms with Gasteiger partial charge in [-0.2, -0.15) is 11.3 Å². The second kappa shape index (κ2) is 6.21. The Kier molecular flexibility index (Phi) is 4.36. The van der Waals surface area contributed by atoms with E-state index >= 15 is 0 Å². The van der Waals surface area contributed by atoms with Gasteiger partial charge in [-0.1, -0.05) is 30.3 Å². The normalized spacial score (nSPS) is 13.3. The molecule has 0 saturated carbocycles. The zero-order valence-corrected chi connectivity index (χ0v) is 11.2. The molecule has 94 valence electrons. The van der Waals surface area contributed by atoms with E-state index in [1.54, 1.807) is 11.3 Å². The summed E-state index contributed by atoms with van der Waals surface area (Å²) in [7, 11) is 0. The zero-order chi connectivity index (χ0) is 12.8. The average Bonchev–Trinajstić information content (AvgIpc) is 2.91. The zero-order valence-electron chi connectivity index (χ0n) is 10.3. The first-order chi connectivity index (χ1) is 8.75. The van der Waals surface area contributed by atoms with E-state index in [0.29, 0.717) is 12.5 Å². The lowest BCUT2D eigenvalue weighted by molar-refractivity contribution is 0.710. The van der Waals surface area contributed by atoms with Crippen molar-refractivity contribution in [2.75, 3.05) is 0 Å². The maximum absolute atomic E-state index is 5.87. The molecular formula is C14H17N3S. The molecule has 0 saturated heterocycles. The van der Waals surface area contributed by atoms with Crippen molar-refractivity contribution < 1.29 is 0 Å². The molecule has 2 rings (SSSR count). The Hall–Kier alpha value is -1.81. The maximum atomic E-state index is 5.87. The molecule has 1 aromatic heterocycles. The van der Waals surface area contributed by atoms with Gasteiger partial charge in [0.2, 0.25) is 0 Å². The quantitative estimate of drug-likeness (QED) is 0.655. The molecule has 1 unspecified atom stereocenters. The number of thiophene rings is 1. The van der Waals surface area contributed by atoms with Crippen LogP contribution in [0.1, 0.15) is 24.1 Å². The number of rotatable bonds is 4. The molecule has 0 aliphatic carbocycles. The van der Waals surface area contributed by atoms with Crippen molar-refractivity contribution in [2.45, 2.75) is 19.5 Å². The highest BCUT2D eigenvalue weighted by Gasteiger charge is 2.05. The van der Waals surface area contributed by atoms with Crippen LogP contribution in [-0.2, 0) is 6.54 Å². The maximum Gasteiger partial charge on any atom is 0.189 e. The molecule has 1 heterocycles. The number of hydrogen-bond acceptors (Lipinski definition) is 2. The molecule has 0 bridgehead atoms. The fraction of sp³-hybridized carbons (Fsp3) is 0.214. The van der Waals surface area contributed by atoms with Crippen molar-refractivity contribution >= 4 is 17.3 Å². The smallest absolute Gasteiger partial charge is 0.189 e. The monoisotopic (exact) mass is 259 g/mol. The number of benzene rings is 1. The Morgan fingerprint density at radius 1 is 1.33 bits per heavy atom. The van der Waals surface area contributed by atoms with E-state index in [-0.39, 0.29) is 6.04 Å². The molecule has 4 heteroatoms. The molecule has 2 aromatic rings. The van der Waals surface area contributed by atoms with E-state index in [2.05, 4.69) is 34.1 Å². The van der Waals surface area contributed by atoms with Gasteiger partial charge in [-0.15, -0.1) is 0 Å². The van der Waals surface area contributed by atoms with Gasteiger partial charge >= 0.3 is 0 Å². The molecule has 0 amide bonds. The summed E-state index contributed by atoms with van der Waals surface area (Å²) in [6, 6.07) is 12.4. The van der Waals surface area contributed by atoms with Gasteiger partial charge in [0.15, 0.2) is 5.96 Å². The summed E-state index contributed by atoms with van der Waals surface area (Å²) in [5.41, 5.74) is 8.26. The summed E-state index contributed by atoms with van der Waals surface area (Å²) >= 11 is 1.68. The van der Waals surface area contributed by atoms with Gasteiger partial charge in [-0.05, 0) is 34.9 Å². The highest BCUT2D eigenvalue weighted by Crippen LogP contribution is 2.15. The molecule has 3 nitrogen and oxygen atoms in total. The molecule has 0 aliphatic heterocycles. The lowest BCUT2D eigenvalue weighted by Gasteiger charge is -2.13. The Balaban J connectivity index is 1.90. The van der Waals surface area contributed by atoms with E-state index in [0.717, 1.165) is 5.56 Å². The third-order valence-electron chi connectivity index (χ3n) is 2.68.